The SMILES string of the molecule is C[C@H](NS(=O)C(C)(C)C)C1CCCN(C(=O)OC(C)(C)C)CCC1. The summed E-state index contributed by atoms with van der Waals surface area (Å²) < 4.78 is 20.8. The minimum Gasteiger partial charge on any atom is -0.444 e. The van der Waals surface area contributed by atoms with Crippen molar-refractivity contribution < 1.29 is 13.7 Å². The van der Waals surface area contributed by atoms with Gasteiger partial charge in [0.1, 0.15) is 5.60 Å². The molecule has 1 fully saturated rings. The van der Waals surface area contributed by atoms with Crippen LogP contribution in [0, 0.1) is 5.92 Å². The Labute approximate surface area is 150 Å². The molecule has 0 aromatic rings. The number of carbonyl (C=O) groups is 1. The number of nitrogens with one attached hydrogen (secondary N) is 1. The van der Waals surface area contributed by atoms with E-state index in [9.17, 15) is 9.00 Å². The minimum atomic E-state index is -1.04. The van der Waals surface area contributed by atoms with Crippen molar-refractivity contribution in [1.29, 1.82) is 0 Å². The second kappa shape index (κ2) is 8.65. The Morgan fingerprint density at radius 1 is 1.12 bits per heavy atom. The molecule has 1 N–H and O–H groups in total. The average molecular weight is 361 g/mol. The van der Waals surface area contributed by atoms with Crippen molar-refractivity contribution in [3.8, 4) is 0 Å². The lowest BCUT2D eigenvalue weighted by Crippen LogP contribution is -2.43. The van der Waals surface area contributed by atoms with Gasteiger partial charge in [0.05, 0.1) is 15.7 Å². The zero-order valence-electron chi connectivity index (χ0n) is 16.5. The van der Waals surface area contributed by atoms with E-state index in [2.05, 4.69) is 11.6 Å². The molecule has 6 heteroatoms. The topological polar surface area (TPSA) is 58.6 Å². The van der Waals surface area contributed by atoms with Gasteiger partial charge in [0.15, 0.2) is 0 Å². The van der Waals surface area contributed by atoms with E-state index in [0.29, 0.717) is 5.92 Å². The van der Waals surface area contributed by atoms with Crippen molar-refractivity contribution >= 4 is 17.1 Å². The van der Waals surface area contributed by atoms with Crippen LogP contribution in [-0.4, -0.2) is 44.7 Å². The number of nitrogens with zero attached hydrogens (tertiary/aromatic N) is 1. The van der Waals surface area contributed by atoms with Gasteiger partial charge in [-0.1, -0.05) is 0 Å². The molecule has 0 bridgehead atoms. The summed E-state index contributed by atoms with van der Waals surface area (Å²) >= 11 is 0. The van der Waals surface area contributed by atoms with E-state index in [1.54, 1.807) is 0 Å². The third kappa shape index (κ3) is 7.51. The molecular weight excluding hydrogens is 324 g/mol. The summed E-state index contributed by atoms with van der Waals surface area (Å²) in [4.78, 5) is 14.0. The number of carbonyl (C=O) groups excluding carboxylic acids is 1. The summed E-state index contributed by atoms with van der Waals surface area (Å²) in [5.74, 6) is 0.497. The summed E-state index contributed by atoms with van der Waals surface area (Å²) in [5.41, 5.74) is -0.447. The van der Waals surface area contributed by atoms with E-state index in [-0.39, 0.29) is 16.9 Å². The van der Waals surface area contributed by atoms with Gasteiger partial charge in [-0.05, 0) is 80.1 Å². The molecule has 1 aliphatic rings. The summed E-state index contributed by atoms with van der Waals surface area (Å²) in [5, 5.41) is 0. The molecule has 0 aromatic heterocycles. The second-order valence-corrected chi connectivity index (χ2v) is 10.8. The maximum atomic E-state index is 12.3. The third-order valence-electron chi connectivity index (χ3n) is 4.21. The van der Waals surface area contributed by atoms with Crippen LogP contribution in [0.3, 0.4) is 0 Å². The fraction of sp³-hybridized carbons (Fsp3) is 0.944. The molecule has 1 heterocycles. The zero-order valence-corrected chi connectivity index (χ0v) is 17.3. The third-order valence-corrected chi connectivity index (χ3v) is 5.91. The van der Waals surface area contributed by atoms with Gasteiger partial charge in [-0.25, -0.2) is 13.7 Å². The molecule has 0 spiro atoms. The molecule has 1 amide bonds. The van der Waals surface area contributed by atoms with E-state index < -0.39 is 16.6 Å². The number of amides is 1. The lowest BCUT2D eigenvalue weighted by Gasteiger charge is -2.33. The van der Waals surface area contributed by atoms with Crippen LogP contribution in [0.1, 0.15) is 74.1 Å². The summed E-state index contributed by atoms with van der Waals surface area (Å²) in [7, 11) is -1.04. The molecule has 0 radical (unpaired) electrons. The zero-order chi connectivity index (χ0) is 18.5. The second-order valence-electron chi connectivity index (χ2n) is 8.80. The maximum absolute atomic E-state index is 12.3. The fourth-order valence-corrected chi connectivity index (χ4v) is 3.68. The van der Waals surface area contributed by atoms with Gasteiger partial charge < -0.3 is 9.64 Å². The van der Waals surface area contributed by atoms with E-state index in [1.807, 2.05) is 46.4 Å². The first-order chi connectivity index (χ1) is 10.9. The number of hydrogen-bond acceptors (Lipinski definition) is 3. The van der Waals surface area contributed by atoms with Crippen LogP contribution in [-0.2, 0) is 15.7 Å². The fourth-order valence-electron chi connectivity index (χ4n) is 2.80. The van der Waals surface area contributed by atoms with Gasteiger partial charge in [0, 0.05) is 19.1 Å². The Balaban J connectivity index is 2.50. The predicted molar refractivity (Wildman–Crippen MR) is 100 cm³/mol. The van der Waals surface area contributed by atoms with Crippen LogP contribution in [0.25, 0.3) is 0 Å². The summed E-state index contributed by atoms with van der Waals surface area (Å²) in [6.45, 7) is 15.2. The van der Waals surface area contributed by atoms with Crippen molar-refractivity contribution in [2.45, 2.75) is 90.5 Å². The van der Waals surface area contributed by atoms with E-state index in [4.69, 9.17) is 4.74 Å². The molecule has 1 saturated heterocycles. The van der Waals surface area contributed by atoms with Crippen LogP contribution in [0.2, 0.25) is 0 Å². The smallest absolute Gasteiger partial charge is 0.410 e. The molecule has 1 rings (SSSR count). The van der Waals surface area contributed by atoms with E-state index in [0.717, 1.165) is 38.8 Å². The molecule has 1 unspecified atom stereocenters. The number of likely N-dealkylation sites (tertiary alicyclic amines) is 1. The number of rotatable bonds is 3. The number of ether oxygens (including phenoxy) is 1. The molecule has 0 aromatic carbocycles. The molecule has 0 saturated carbocycles. The Bertz CT molecular complexity index is 431. The molecule has 1 aliphatic heterocycles. The molecule has 24 heavy (non-hydrogen) atoms. The lowest BCUT2D eigenvalue weighted by atomic mass is 9.90. The Morgan fingerprint density at radius 2 is 1.62 bits per heavy atom. The molecule has 5 nitrogen and oxygen atoms in total. The van der Waals surface area contributed by atoms with Crippen molar-refractivity contribution in [2.75, 3.05) is 13.1 Å². The van der Waals surface area contributed by atoms with Crippen molar-refractivity contribution in [3.63, 3.8) is 0 Å². The minimum absolute atomic E-state index is 0.207. The van der Waals surface area contributed by atoms with Crippen LogP contribution in [0.15, 0.2) is 0 Å². The predicted octanol–water partition coefficient (Wildman–Crippen LogP) is 3.85. The monoisotopic (exact) mass is 360 g/mol. The first-order valence-electron chi connectivity index (χ1n) is 9.06. The highest BCUT2D eigenvalue weighted by Crippen LogP contribution is 2.23. The van der Waals surface area contributed by atoms with Gasteiger partial charge in [-0.15, -0.1) is 0 Å². The average Bonchev–Trinajstić information content (AvgIpc) is 2.34. The Hall–Kier alpha value is -0.620. The lowest BCUT2D eigenvalue weighted by molar-refractivity contribution is 0.0226. The summed E-state index contributed by atoms with van der Waals surface area (Å²) in [6, 6.07) is 0.220. The molecular formula is C18H36N2O3S. The standard InChI is InChI=1S/C18H36N2O3S/c1-14(19-24(22)18(5,6)7)15-10-8-12-20(13-9-11-15)16(21)23-17(2,3)4/h14-15,19H,8-13H2,1-7H3/t14-,24?/m0/s1. The summed E-state index contributed by atoms with van der Waals surface area (Å²) in [6.07, 6.45) is 3.78. The highest BCUT2D eigenvalue weighted by atomic mass is 32.2. The highest BCUT2D eigenvalue weighted by molar-refractivity contribution is 7.84. The van der Waals surface area contributed by atoms with Gasteiger partial charge in [-0.2, -0.15) is 0 Å². The van der Waals surface area contributed by atoms with E-state index in [1.165, 1.54) is 0 Å². The number of hydrogen-bond donors (Lipinski definition) is 1. The maximum Gasteiger partial charge on any atom is 0.410 e. The first kappa shape index (κ1) is 21.4. The van der Waals surface area contributed by atoms with Crippen LogP contribution >= 0.6 is 0 Å². The largest absolute Gasteiger partial charge is 0.444 e. The Kier molecular flexibility index (Phi) is 7.73. The quantitative estimate of drug-likeness (QED) is 0.831. The normalized spacial score (nSPS) is 20.9. The van der Waals surface area contributed by atoms with E-state index >= 15 is 0 Å². The van der Waals surface area contributed by atoms with Crippen molar-refractivity contribution in [1.82, 2.24) is 9.62 Å². The van der Waals surface area contributed by atoms with Crippen molar-refractivity contribution in [2.24, 2.45) is 5.92 Å². The first-order valence-corrected chi connectivity index (χ1v) is 10.2. The van der Waals surface area contributed by atoms with Gasteiger partial charge >= 0.3 is 6.09 Å². The van der Waals surface area contributed by atoms with Gasteiger partial charge in [0.2, 0.25) is 0 Å². The van der Waals surface area contributed by atoms with Gasteiger partial charge in [-0.3, -0.25) is 0 Å². The molecule has 142 valence electrons. The molecule has 0 aliphatic carbocycles. The molecule has 2 atom stereocenters. The Morgan fingerprint density at radius 3 is 2.04 bits per heavy atom. The van der Waals surface area contributed by atoms with Crippen molar-refractivity contribution in [3.05, 3.63) is 0 Å². The van der Waals surface area contributed by atoms with Crippen LogP contribution in [0.5, 0.6) is 0 Å². The van der Waals surface area contributed by atoms with Gasteiger partial charge in [0.25, 0.3) is 0 Å². The van der Waals surface area contributed by atoms with Crippen LogP contribution in [0.4, 0.5) is 4.79 Å². The highest BCUT2D eigenvalue weighted by Gasteiger charge is 2.28. The van der Waals surface area contributed by atoms with Crippen LogP contribution < -0.4 is 4.72 Å².